The van der Waals surface area contributed by atoms with Crippen molar-refractivity contribution in [2.45, 2.75) is 20.1 Å². The van der Waals surface area contributed by atoms with E-state index in [1.165, 1.54) is 16.3 Å². The molecule has 0 atom stereocenters. The van der Waals surface area contributed by atoms with Crippen LogP contribution >= 0.6 is 0 Å². The molecule has 0 radical (unpaired) electrons. The SMILES string of the molecule is Cc1nccc2c1[nH]c1cc(OCc3cn(C/C=C/c4ccccc4)nn3)ccc12. The van der Waals surface area contributed by atoms with Crippen LogP contribution in [0, 0.1) is 6.92 Å². The number of allylic oxidation sites excluding steroid dienone is 1. The summed E-state index contributed by atoms with van der Waals surface area (Å²) in [5.41, 5.74) is 5.05. The van der Waals surface area contributed by atoms with Crippen molar-refractivity contribution in [1.82, 2.24) is 25.0 Å². The third kappa shape index (κ3) is 3.67. The van der Waals surface area contributed by atoms with Crippen molar-refractivity contribution in [2.24, 2.45) is 0 Å². The molecule has 148 valence electrons. The van der Waals surface area contributed by atoms with Gasteiger partial charge in [-0.15, -0.1) is 5.10 Å². The summed E-state index contributed by atoms with van der Waals surface area (Å²) in [7, 11) is 0. The van der Waals surface area contributed by atoms with Crippen molar-refractivity contribution in [3.63, 3.8) is 0 Å². The fraction of sp³-hybridized carbons (Fsp3) is 0.125. The smallest absolute Gasteiger partial charge is 0.134 e. The van der Waals surface area contributed by atoms with Gasteiger partial charge >= 0.3 is 0 Å². The number of rotatable bonds is 6. The number of ether oxygens (including phenoxy) is 1. The number of pyridine rings is 1. The van der Waals surface area contributed by atoms with Gasteiger partial charge in [0.2, 0.25) is 0 Å². The first-order valence-electron chi connectivity index (χ1n) is 9.87. The van der Waals surface area contributed by atoms with E-state index in [9.17, 15) is 0 Å². The van der Waals surface area contributed by atoms with Crippen LogP contribution in [0.25, 0.3) is 27.9 Å². The summed E-state index contributed by atoms with van der Waals surface area (Å²) in [6, 6.07) is 18.3. The Morgan fingerprint density at radius 3 is 2.87 bits per heavy atom. The Hall–Kier alpha value is -3.93. The summed E-state index contributed by atoms with van der Waals surface area (Å²) in [6.45, 7) is 3.04. The first-order valence-corrected chi connectivity index (χ1v) is 9.87. The highest BCUT2D eigenvalue weighted by Crippen LogP contribution is 2.29. The average Bonchev–Trinajstić information content (AvgIpc) is 3.38. The van der Waals surface area contributed by atoms with Crippen LogP contribution in [0.4, 0.5) is 0 Å². The molecule has 0 amide bonds. The molecule has 3 heterocycles. The van der Waals surface area contributed by atoms with E-state index in [4.69, 9.17) is 4.74 Å². The number of aromatic amines is 1. The van der Waals surface area contributed by atoms with Crippen LogP contribution in [0.2, 0.25) is 0 Å². The lowest BCUT2D eigenvalue weighted by Crippen LogP contribution is -1.96. The van der Waals surface area contributed by atoms with Crippen molar-refractivity contribution in [3.05, 3.63) is 90.0 Å². The van der Waals surface area contributed by atoms with Crippen LogP contribution in [0.15, 0.2) is 73.1 Å². The van der Waals surface area contributed by atoms with Crippen LogP contribution in [0.5, 0.6) is 5.75 Å². The number of aromatic nitrogens is 5. The lowest BCUT2D eigenvalue weighted by molar-refractivity contribution is 0.301. The summed E-state index contributed by atoms with van der Waals surface area (Å²) in [4.78, 5) is 7.80. The Balaban J connectivity index is 1.25. The van der Waals surface area contributed by atoms with E-state index in [2.05, 4.69) is 50.6 Å². The minimum Gasteiger partial charge on any atom is -0.487 e. The largest absolute Gasteiger partial charge is 0.487 e. The second kappa shape index (κ2) is 7.83. The maximum Gasteiger partial charge on any atom is 0.134 e. The zero-order chi connectivity index (χ0) is 20.3. The number of aryl methyl sites for hydroxylation is 1. The van der Waals surface area contributed by atoms with Crippen molar-refractivity contribution in [2.75, 3.05) is 0 Å². The molecule has 1 N–H and O–H groups in total. The van der Waals surface area contributed by atoms with Crippen LogP contribution < -0.4 is 4.74 Å². The Kier molecular flexibility index (Phi) is 4.73. The highest BCUT2D eigenvalue weighted by molar-refractivity contribution is 6.08. The van der Waals surface area contributed by atoms with Crippen molar-refractivity contribution < 1.29 is 4.74 Å². The molecule has 2 aromatic carbocycles. The molecule has 5 aromatic rings. The fourth-order valence-corrected chi connectivity index (χ4v) is 3.55. The summed E-state index contributed by atoms with van der Waals surface area (Å²) < 4.78 is 7.74. The summed E-state index contributed by atoms with van der Waals surface area (Å²) in [6.07, 6.45) is 7.89. The normalized spacial score (nSPS) is 11.6. The zero-order valence-electron chi connectivity index (χ0n) is 16.6. The predicted molar refractivity (Wildman–Crippen MR) is 118 cm³/mol. The molecule has 0 aliphatic carbocycles. The van der Waals surface area contributed by atoms with E-state index in [1.807, 2.05) is 55.7 Å². The quantitative estimate of drug-likeness (QED) is 0.444. The van der Waals surface area contributed by atoms with E-state index in [1.54, 1.807) is 4.68 Å². The van der Waals surface area contributed by atoms with E-state index in [0.29, 0.717) is 13.2 Å². The third-order valence-corrected chi connectivity index (χ3v) is 5.06. The van der Waals surface area contributed by atoms with Crippen molar-refractivity contribution in [1.29, 1.82) is 0 Å². The molecule has 3 aromatic heterocycles. The van der Waals surface area contributed by atoms with Gasteiger partial charge in [0.1, 0.15) is 18.1 Å². The number of nitrogens with zero attached hydrogens (tertiary/aromatic N) is 4. The average molecular weight is 395 g/mol. The number of H-pyrrole nitrogens is 1. The fourth-order valence-electron chi connectivity index (χ4n) is 3.55. The lowest BCUT2D eigenvalue weighted by atomic mass is 10.1. The Morgan fingerprint density at radius 2 is 1.97 bits per heavy atom. The van der Waals surface area contributed by atoms with Crippen molar-refractivity contribution >= 4 is 27.9 Å². The molecule has 0 saturated heterocycles. The molecular formula is C24H21N5O. The van der Waals surface area contributed by atoms with Crippen LogP contribution in [0.1, 0.15) is 17.0 Å². The second-order valence-corrected chi connectivity index (χ2v) is 7.18. The first-order chi connectivity index (χ1) is 14.8. The summed E-state index contributed by atoms with van der Waals surface area (Å²) in [5.74, 6) is 0.790. The molecule has 6 heteroatoms. The maximum atomic E-state index is 5.94. The second-order valence-electron chi connectivity index (χ2n) is 7.18. The molecule has 6 nitrogen and oxygen atoms in total. The molecule has 30 heavy (non-hydrogen) atoms. The van der Waals surface area contributed by atoms with Crippen molar-refractivity contribution in [3.8, 4) is 5.75 Å². The van der Waals surface area contributed by atoms with E-state index in [0.717, 1.165) is 28.2 Å². The Bertz CT molecular complexity index is 1330. The van der Waals surface area contributed by atoms with Gasteiger partial charge in [-0.25, -0.2) is 4.68 Å². The van der Waals surface area contributed by atoms with Gasteiger partial charge in [-0.1, -0.05) is 47.7 Å². The molecule has 0 fully saturated rings. The standard InChI is InChI=1S/C24H21N5O/c1-17-24-22(11-12-25-17)21-10-9-20(14-23(21)26-24)30-16-19-15-29(28-27-19)13-5-8-18-6-3-2-4-7-18/h2-12,14-15,26H,13,16H2,1H3/b8-5+. The van der Waals surface area contributed by atoms with Crippen LogP contribution in [-0.2, 0) is 13.2 Å². The Labute approximate surface area is 173 Å². The number of hydrogen-bond donors (Lipinski definition) is 1. The number of nitrogens with one attached hydrogen (secondary N) is 1. The highest BCUT2D eigenvalue weighted by atomic mass is 16.5. The van der Waals surface area contributed by atoms with Gasteiger partial charge in [0, 0.05) is 23.0 Å². The molecule has 0 saturated carbocycles. The van der Waals surface area contributed by atoms with Gasteiger partial charge in [-0.3, -0.25) is 4.98 Å². The van der Waals surface area contributed by atoms with Gasteiger partial charge in [-0.2, -0.15) is 0 Å². The predicted octanol–water partition coefficient (Wildman–Crippen LogP) is 4.91. The van der Waals surface area contributed by atoms with Gasteiger partial charge in [0.15, 0.2) is 0 Å². The summed E-state index contributed by atoms with van der Waals surface area (Å²) >= 11 is 0. The van der Waals surface area contributed by atoms with Gasteiger partial charge in [0.05, 0.1) is 29.5 Å². The Morgan fingerprint density at radius 1 is 1.07 bits per heavy atom. The monoisotopic (exact) mass is 395 g/mol. The van der Waals surface area contributed by atoms with Gasteiger partial charge in [0.25, 0.3) is 0 Å². The topological polar surface area (TPSA) is 68.6 Å². The van der Waals surface area contributed by atoms with E-state index in [-0.39, 0.29) is 0 Å². The number of benzene rings is 2. The molecule has 0 spiro atoms. The van der Waals surface area contributed by atoms with Gasteiger partial charge < -0.3 is 9.72 Å². The minimum atomic E-state index is 0.370. The molecule has 0 bridgehead atoms. The highest BCUT2D eigenvalue weighted by Gasteiger charge is 2.08. The molecule has 0 unspecified atom stereocenters. The van der Waals surface area contributed by atoms with Gasteiger partial charge in [-0.05, 0) is 30.7 Å². The summed E-state index contributed by atoms with van der Waals surface area (Å²) in [5, 5.41) is 10.7. The lowest BCUT2D eigenvalue weighted by Gasteiger charge is -2.03. The van der Waals surface area contributed by atoms with Crippen LogP contribution in [-0.4, -0.2) is 25.0 Å². The van der Waals surface area contributed by atoms with E-state index >= 15 is 0 Å². The molecule has 5 rings (SSSR count). The molecular weight excluding hydrogens is 374 g/mol. The minimum absolute atomic E-state index is 0.370. The zero-order valence-corrected chi connectivity index (χ0v) is 16.6. The molecule has 0 aliphatic heterocycles. The van der Waals surface area contributed by atoms with E-state index < -0.39 is 0 Å². The number of fused-ring (bicyclic) bond motifs is 3. The van der Waals surface area contributed by atoms with Crippen LogP contribution in [0.3, 0.4) is 0 Å². The number of hydrogen-bond acceptors (Lipinski definition) is 4. The first kappa shape index (κ1) is 18.1. The third-order valence-electron chi connectivity index (χ3n) is 5.06. The molecule has 0 aliphatic rings. The maximum absolute atomic E-state index is 5.94.